The van der Waals surface area contributed by atoms with Crippen molar-refractivity contribution in [3.63, 3.8) is 0 Å². The van der Waals surface area contributed by atoms with Crippen LogP contribution in [0.2, 0.25) is 5.02 Å². The van der Waals surface area contributed by atoms with E-state index in [0.29, 0.717) is 23.7 Å². The highest BCUT2D eigenvalue weighted by Crippen LogP contribution is 2.38. The number of fused-ring (bicyclic) bond motifs is 1. The van der Waals surface area contributed by atoms with Gasteiger partial charge in [-0.15, -0.1) is 11.8 Å². The van der Waals surface area contributed by atoms with Gasteiger partial charge in [0.1, 0.15) is 0 Å². The Hall–Kier alpha value is -2.03. The molecular formula is C20H21ClN2O4S2. The zero-order valence-electron chi connectivity index (χ0n) is 15.8. The molecule has 3 rings (SSSR count). The van der Waals surface area contributed by atoms with Crippen molar-refractivity contribution in [1.82, 2.24) is 5.32 Å². The molecule has 0 fully saturated rings. The van der Waals surface area contributed by atoms with E-state index in [9.17, 15) is 18.0 Å². The zero-order valence-corrected chi connectivity index (χ0v) is 18.2. The van der Waals surface area contributed by atoms with Crippen molar-refractivity contribution >= 4 is 50.7 Å². The van der Waals surface area contributed by atoms with Gasteiger partial charge >= 0.3 is 0 Å². The number of thioether (sulfide) groups is 1. The van der Waals surface area contributed by atoms with Gasteiger partial charge in [-0.05, 0) is 42.3 Å². The third-order valence-corrected chi connectivity index (χ3v) is 7.91. The van der Waals surface area contributed by atoms with Gasteiger partial charge in [-0.1, -0.05) is 30.7 Å². The largest absolute Gasteiger partial charge is 0.352 e. The normalized spacial score (nSPS) is 16.1. The molecule has 9 heteroatoms. The van der Waals surface area contributed by atoms with Gasteiger partial charge in [0, 0.05) is 22.9 Å². The lowest BCUT2D eigenvalue weighted by Crippen LogP contribution is -2.28. The van der Waals surface area contributed by atoms with Gasteiger partial charge in [-0.3, -0.25) is 9.59 Å². The van der Waals surface area contributed by atoms with E-state index < -0.39 is 9.84 Å². The van der Waals surface area contributed by atoms with E-state index in [2.05, 4.69) is 10.6 Å². The van der Waals surface area contributed by atoms with E-state index in [1.165, 1.54) is 23.9 Å². The molecule has 2 amide bonds. The average molecular weight is 453 g/mol. The fraction of sp³-hybridized carbons (Fsp3) is 0.300. The Morgan fingerprint density at radius 3 is 2.62 bits per heavy atom. The lowest BCUT2D eigenvalue weighted by Gasteiger charge is -2.23. The first-order valence-corrected chi connectivity index (χ1v) is 12.0. The minimum atomic E-state index is -3.65. The first-order valence-electron chi connectivity index (χ1n) is 9.14. The summed E-state index contributed by atoms with van der Waals surface area (Å²) in [5, 5.41) is 5.91. The predicted molar refractivity (Wildman–Crippen MR) is 115 cm³/mol. The molecule has 1 heterocycles. The number of carbonyl (C=O) groups excluding carboxylic acids is 2. The van der Waals surface area contributed by atoms with E-state index in [1.807, 2.05) is 6.92 Å². The van der Waals surface area contributed by atoms with E-state index in [4.69, 9.17) is 11.6 Å². The number of hydrogen-bond donors (Lipinski definition) is 2. The van der Waals surface area contributed by atoms with Crippen LogP contribution in [0.4, 0.5) is 5.69 Å². The SMILES string of the molecule is CC[C@H]1Sc2ccc(S(=O)(=O)CCC(=O)NCc3ccc(Cl)cc3)cc2NC1=O. The molecule has 0 radical (unpaired) electrons. The van der Waals surface area contributed by atoms with Gasteiger partial charge in [-0.2, -0.15) is 0 Å². The zero-order chi connectivity index (χ0) is 21.0. The lowest BCUT2D eigenvalue weighted by molar-refractivity contribution is -0.121. The van der Waals surface area contributed by atoms with Crippen molar-refractivity contribution in [2.75, 3.05) is 11.1 Å². The summed E-state index contributed by atoms with van der Waals surface area (Å²) in [7, 11) is -3.65. The fourth-order valence-electron chi connectivity index (χ4n) is 2.83. The van der Waals surface area contributed by atoms with Crippen LogP contribution in [0.25, 0.3) is 0 Å². The number of anilines is 1. The molecule has 2 aromatic carbocycles. The molecule has 1 aliphatic heterocycles. The van der Waals surface area contributed by atoms with Crippen LogP contribution in [0.5, 0.6) is 0 Å². The van der Waals surface area contributed by atoms with Gasteiger partial charge in [0.15, 0.2) is 9.84 Å². The molecule has 1 atom stereocenters. The van der Waals surface area contributed by atoms with Crippen LogP contribution in [-0.2, 0) is 26.0 Å². The Bertz CT molecular complexity index is 1020. The quantitative estimate of drug-likeness (QED) is 0.669. The first kappa shape index (κ1) is 21.7. The second-order valence-corrected chi connectivity index (χ2v) is 10.4. The van der Waals surface area contributed by atoms with Crippen molar-refractivity contribution in [1.29, 1.82) is 0 Å². The number of amides is 2. The number of hydrogen-bond acceptors (Lipinski definition) is 5. The smallest absolute Gasteiger partial charge is 0.237 e. The molecule has 0 spiro atoms. The van der Waals surface area contributed by atoms with Crippen LogP contribution in [0.3, 0.4) is 0 Å². The highest BCUT2D eigenvalue weighted by atomic mass is 35.5. The maximum atomic E-state index is 12.6. The molecule has 0 bridgehead atoms. The molecule has 6 nitrogen and oxygen atoms in total. The monoisotopic (exact) mass is 452 g/mol. The molecule has 2 N–H and O–H groups in total. The number of rotatable bonds is 7. The number of nitrogens with one attached hydrogen (secondary N) is 2. The minimum Gasteiger partial charge on any atom is -0.352 e. The second kappa shape index (κ2) is 9.19. The average Bonchev–Trinajstić information content (AvgIpc) is 2.71. The maximum absolute atomic E-state index is 12.6. The molecule has 0 saturated heterocycles. The summed E-state index contributed by atoms with van der Waals surface area (Å²) in [6.45, 7) is 2.23. The first-order chi connectivity index (χ1) is 13.8. The third kappa shape index (κ3) is 5.52. The summed E-state index contributed by atoms with van der Waals surface area (Å²) >= 11 is 7.25. The van der Waals surface area contributed by atoms with E-state index in [0.717, 1.165) is 10.5 Å². The Kier molecular flexibility index (Phi) is 6.87. The lowest BCUT2D eigenvalue weighted by atomic mass is 10.2. The molecule has 2 aromatic rings. The maximum Gasteiger partial charge on any atom is 0.237 e. The summed E-state index contributed by atoms with van der Waals surface area (Å²) in [5.74, 6) is -0.783. The molecule has 0 aliphatic carbocycles. The van der Waals surface area contributed by atoms with Gasteiger partial charge in [0.05, 0.1) is 21.6 Å². The number of benzene rings is 2. The van der Waals surface area contributed by atoms with Crippen LogP contribution >= 0.6 is 23.4 Å². The van der Waals surface area contributed by atoms with Crippen LogP contribution in [-0.4, -0.2) is 31.2 Å². The van der Waals surface area contributed by atoms with Crippen LogP contribution in [0, 0.1) is 0 Å². The van der Waals surface area contributed by atoms with Crippen LogP contribution in [0.15, 0.2) is 52.3 Å². The number of carbonyl (C=O) groups is 2. The Morgan fingerprint density at radius 2 is 1.93 bits per heavy atom. The Morgan fingerprint density at radius 1 is 1.21 bits per heavy atom. The van der Waals surface area contributed by atoms with Crippen molar-refractivity contribution in [3.05, 3.63) is 53.1 Å². The van der Waals surface area contributed by atoms with Crippen LogP contribution in [0.1, 0.15) is 25.3 Å². The van der Waals surface area contributed by atoms with E-state index >= 15 is 0 Å². The predicted octanol–water partition coefficient (Wildman–Crippen LogP) is 3.64. The van der Waals surface area contributed by atoms with E-state index in [-0.39, 0.29) is 34.1 Å². The Labute approximate surface area is 179 Å². The number of sulfone groups is 1. The summed E-state index contributed by atoms with van der Waals surface area (Å²) in [6, 6.07) is 11.7. The molecule has 0 unspecified atom stereocenters. The molecule has 0 aromatic heterocycles. The molecule has 154 valence electrons. The number of halogens is 1. The standard InChI is InChI=1S/C20H21ClN2O4S2/c1-2-17-20(25)23-16-11-15(7-8-18(16)28-17)29(26,27)10-9-19(24)22-12-13-3-5-14(21)6-4-13/h3-8,11,17H,2,9-10,12H2,1H3,(H,22,24)(H,23,25)/t17-/m1/s1. The topological polar surface area (TPSA) is 92.3 Å². The minimum absolute atomic E-state index is 0.0950. The third-order valence-electron chi connectivity index (χ3n) is 4.50. The van der Waals surface area contributed by atoms with Crippen molar-refractivity contribution in [2.24, 2.45) is 0 Å². The summed E-state index contributed by atoms with van der Waals surface area (Å²) in [5.41, 5.74) is 1.37. The van der Waals surface area contributed by atoms with Crippen molar-refractivity contribution in [3.8, 4) is 0 Å². The molecule has 29 heavy (non-hydrogen) atoms. The van der Waals surface area contributed by atoms with Crippen molar-refractivity contribution < 1.29 is 18.0 Å². The van der Waals surface area contributed by atoms with Gasteiger partial charge in [0.2, 0.25) is 11.8 Å². The molecular weight excluding hydrogens is 432 g/mol. The highest BCUT2D eigenvalue weighted by molar-refractivity contribution is 8.01. The summed E-state index contributed by atoms with van der Waals surface area (Å²) < 4.78 is 25.2. The molecule has 0 saturated carbocycles. The summed E-state index contributed by atoms with van der Waals surface area (Å²) in [4.78, 5) is 25.0. The van der Waals surface area contributed by atoms with E-state index in [1.54, 1.807) is 30.3 Å². The van der Waals surface area contributed by atoms with Gasteiger partial charge < -0.3 is 10.6 Å². The second-order valence-electron chi connectivity index (χ2n) is 6.63. The van der Waals surface area contributed by atoms with Gasteiger partial charge in [-0.25, -0.2) is 8.42 Å². The highest BCUT2D eigenvalue weighted by Gasteiger charge is 2.27. The Balaban J connectivity index is 1.59. The van der Waals surface area contributed by atoms with Crippen LogP contribution < -0.4 is 10.6 Å². The fourth-order valence-corrected chi connectivity index (χ4v) is 5.24. The molecule has 1 aliphatic rings. The summed E-state index contributed by atoms with van der Waals surface area (Å²) in [6.07, 6.45) is 0.549. The van der Waals surface area contributed by atoms with Gasteiger partial charge in [0.25, 0.3) is 0 Å². The van der Waals surface area contributed by atoms with Crippen molar-refractivity contribution in [2.45, 2.75) is 41.4 Å².